The van der Waals surface area contributed by atoms with Crippen molar-refractivity contribution in [3.63, 3.8) is 0 Å². The van der Waals surface area contributed by atoms with E-state index in [1.807, 2.05) is 0 Å². The van der Waals surface area contributed by atoms with Gasteiger partial charge in [-0.1, -0.05) is 0 Å². The van der Waals surface area contributed by atoms with E-state index >= 15 is 0 Å². The van der Waals surface area contributed by atoms with Crippen LogP contribution in [0.3, 0.4) is 0 Å². The van der Waals surface area contributed by atoms with Gasteiger partial charge >= 0.3 is 117 Å². The van der Waals surface area contributed by atoms with Crippen molar-refractivity contribution in [3.05, 3.63) is 79.0 Å². The van der Waals surface area contributed by atoms with E-state index in [1.165, 1.54) is 22.6 Å². The topological polar surface area (TPSA) is 0 Å². The summed E-state index contributed by atoms with van der Waals surface area (Å²) in [5.41, 5.74) is 1.53. The Labute approximate surface area is 117 Å². The van der Waals surface area contributed by atoms with Gasteiger partial charge in [-0.25, -0.2) is 0 Å². The summed E-state index contributed by atoms with van der Waals surface area (Å²) in [7, 11) is 0. The minimum atomic E-state index is -1.79. The van der Waals surface area contributed by atoms with Crippen molar-refractivity contribution in [3.8, 4) is 0 Å². The van der Waals surface area contributed by atoms with Crippen LogP contribution in [0.4, 0.5) is 0 Å². The van der Waals surface area contributed by atoms with E-state index in [9.17, 15) is 0 Å². The zero-order valence-corrected chi connectivity index (χ0v) is 14.1. The zero-order valence-electron chi connectivity index (χ0n) is 10.5. The van der Waals surface area contributed by atoms with E-state index in [0.717, 1.165) is 0 Å². The molecule has 0 radical (unpaired) electrons. The van der Waals surface area contributed by atoms with Crippen LogP contribution in [0.15, 0.2) is 73.4 Å². The molecule has 0 saturated carbocycles. The monoisotopic (exact) mass is 401 g/mol. The molecule has 0 bridgehead atoms. The minimum absolute atomic E-state index is 1.21. The molecule has 1 heteroatoms. The van der Waals surface area contributed by atoms with Gasteiger partial charge in [-0.15, -0.1) is 0 Å². The summed E-state index contributed by atoms with van der Waals surface area (Å²) in [5.74, 6) is 0. The Hall–Kier alpha value is -0.950. The number of hydrogen-bond acceptors (Lipinski definition) is 0. The first-order chi connectivity index (χ1) is 8.93. The molecular formula is C17H17Hf. The summed E-state index contributed by atoms with van der Waals surface area (Å²) in [4.78, 5) is 0. The molecule has 1 aromatic carbocycles. The molecule has 89 valence electrons. The van der Waals surface area contributed by atoms with Gasteiger partial charge in [0.25, 0.3) is 0 Å². The molecule has 0 saturated heterocycles. The fourth-order valence-corrected chi connectivity index (χ4v) is 12.8. The third-order valence-electron chi connectivity index (χ3n) is 3.54. The Morgan fingerprint density at radius 1 is 0.833 bits per heavy atom. The van der Waals surface area contributed by atoms with Gasteiger partial charge in [-0.2, -0.15) is 0 Å². The molecule has 18 heavy (non-hydrogen) atoms. The second-order valence-corrected chi connectivity index (χ2v) is 14.1. The molecule has 0 N–H and O–H groups in total. The maximum absolute atomic E-state index is 2.39. The van der Waals surface area contributed by atoms with Crippen molar-refractivity contribution in [1.82, 2.24) is 0 Å². The molecule has 1 aromatic rings. The van der Waals surface area contributed by atoms with E-state index in [-0.39, 0.29) is 0 Å². The number of benzene rings is 1. The van der Waals surface area contributed by atoms with Crippen molar-refractivity contribution < 1.29 is 21.4 Å². The second-order valence-electron chi connectivity index (χ2n) is 4.79. The normalized spacial score (nSPS) is 16.9. The summed E-state index contributed by atoms with van der Waals surface area (Å²) in [6, 6.07) is 11.0. The number of rotatable bonds is 4. The van der Waals surface area contributed by atoms with Crippen LogP contribution in [0.2, 0.25) is 0 Å². The maximum atomic E-state index is 2.39. The molecule has 0 atom stereocenters. The first-order valence-electron chi connectivity index (χ1n) is 6.55. The molecule has 0 nitrogen and oxygen atoms in total. The van der Waals surface area contributed by atoms with Crippen molar-refractivity contribution in [2.45, 2.75) is 17.0 Å². The standard InChI is InChI=1S/C7H7.2C5H5.Hf/c1-7-5-3-2-4-6-7;2*1-2-4-5-3-1;/h2-6H,1H2;2*1-3H,4H2;. The summed E-state index contributed by atoms with van der Waals surface area (Å²) < 4.78 is 4.89. The Bertz CT molecular complexity index is 502. The predicted octanol–water partition coefficient (Wildman–Crippen LogP) is 4.49. The van der Waals surface area contributed by atoms with Gasteiger partial charge in [0.2, 0.25) is 0 Å². The van der Waals surface area contributed by atoms with Gasteiger partial charge in [0.05, 0.1) is 0 Å². The predicted molar refractivity (Wildman–Crippen MR) is 73.8 cm³/mol. The number of hydrogen-bond donors (Lipinski definition) is 0. The van der Waals surface area contributed by atoms with Crippen molar-refractivity contribution in [2.24, 2.45) is 0 Å². The molecule has 3 rings (SSSR count). The Balaban J connectivity index is 1.82. The molecule has 0 aliphatic heterocycles. The molecule has 0 unspecified atom stereocenters. The van der Waals surface area contributed by atoms with Gasteiger partial charge in [0, 0.05) is 0 Å². The SMILES string of the molecule is C1=CC[C]([Hf]([CH2]c2ccccc2)[C]2=CC=CC2)=C1. The average Bonchev–Trinajstić information content (AvgIpc) is 3.11. The first kappa shape index (κ1) is 12.1. The number of allylic oxidation sites excluding steroid dienone is 8. The van der Waals surface area contributed by atoms with E-state index in [0.29, 0.717) is 0 Å². The first-order valence-corrected chi connectivity index (χ1v) is 12.7. The van der Waals surface area contributed by atoms with Crippen LogP contribution in [0.25, 0.3) is 0 Å². The molecule has 0 amide bonds. The van der Waals surface area contributed by atoms with Crippen molar-refractivity contribution in [1.29, 1.82) is 0 Å². The Morgan fingerprint density at radius 3 is 1.94 bits per heavy atom. The van der Waals surface area contributed by atoms with E-state index in [1.54, 1.807) is 6.66 Å². The van der Waals surface area contributed by atoms with Crippen molar-refractivity contribution in [2.75, 3.05) is 0 Å². The molecule has 0 spiro atoms. The molecule has 0 heterocycles. The Kier molecular flexibility index (Phi) is 3.90. The zero-order chi connectivity index (χ0) is 12.2. The van der Waals surface area contributed by atoms with Gasteiger partial charge in [0.15, 0.2) is 0 Å². The summed E-state index contributed by atoms with van der Waals surface area (Å²) in [5, 5.41) is 0. The van der Waals surface area contributed by atoms with Crippen LogP contribution in [0.5, 0.6) is 0 Å². The molecule has 0 aromatic heterocycles. The van der Waals surface area contributed by atoms with Gasteiger partial charge in [-0.05, 0) is 0 Å². The third-order valence-corrected chi connectivity index (χ3v) is 14.5. The van der Waals surface area contributed by atoms with Gasteiger partial charge in [-0.3, -0.25) is 0 Å². The van der Waals surface area contributed by atoms with Crippen LogP contribution in [-0.2, 0) is 25.6 Å². The van der Waals surface area contributed by atoms with Gasteiger partial charge in [0.1, 0.15) is 0 Å². The third kappa shape index (κ3) is 2.72. The van der Waals surface area contributed by atoms with Crippen LogP contribution < -0.4 is 0 Å². The van der Waals surface area contributed by atoms with Crippen LogP contribution in [0.1, 0.15) is 18.4 Å². The van der Waals surface area contributed by atoms with Crippen LogP contribution in [0, 0.1) is 0 Å². The van der Waals surface area contributed by atoms with Crippen molar-refractivity contribution >= 4 is 0 Å². The summed E-state index contributed by atoms with van der Waals surface area (Å²) in [6.07, 6.45) is 16.3. The molecule has 0 fully saturated rings. The summed E-state index contributed by atoms with van der Waals surface area (Å²) >= 11 is -1.79. The van der Waals surface area contributed by atoms with E-state index in [4.69, 9.17) is 0 Å². The Morgan fingerprint density at radius 2 is 1.44 bits per heavy atom. The van der Waals surface area contributed by atoms with E-state index < -0.39 is 21.4 Å². The molecular weight excluding hydrogens is 383 g/mol. The quantitative estimate of drug-likeness (QED) is 0.654. The molecule has 2 aliphatic carbocycles. The fourth-order valence-electron chi connectivity index (χ4n) is 2.58. The van der Waals surface area contributed by atoms with Crippen LogP contribution >= 0.6 is 0 Å². The fraction of sp³-hybridized carbons (Fsp3) is 0.176. The van der Waals surface area contributed by atoms with Crippen LogP contribution in [-0.4, -0.2) is 0 Å². The average molecular weight is 400 g/mol. The molecule has 2 aliphatic rings. The van der Waals surface area contributed by atoms with E-state index in [2.05, 4.69) is 66.8 Å². The summed E-state index contributed by atoms with van der Waals surface area (Å²) in [6.45, 7) is 0. The van der Waals surface area contributed by atoms with Gasteiger partial charge < -0.3 is 0 Å². The second kappa shape index (κ2) is 5.79.